The van der Waals surface area contributed by atoms with Crippen LogP contribution >= 0.6 is 0 Å². The molecule has 1 aromatic carbocycles. The average Bonchev–Trinajstić information content (AvgIpc) is 3.04. The highest BCUT2D eigenvalue weighted by Gasteiger charge is 2.53. The highest BCUT2D eigenvalue weighted by Crippen LogP contribution is 2.42. The molecule has 1 heterocycles. The number of nitrogens with zero attached hydrogens (tertiary/aromatic N) is 2. The SMILES string of the molecule is CCN(C)C(=O)[C@@H]1COC2(CCCCC2)N1C(=O)c1cccc(C(F)(F)F)c1. The molecule has 0 unspecified atom stereocenters. The number of alkyl halides is 3. The Hall–Kier alpha value is -2.09. The second kappa shape index (κ2) is 7.73. The maximum Gasteiger partial charge on any atom is 0.416 e. The van der Waals surface area contributed by atoms with Gasteiger partial charge in [0.25, 0.3) is 5.91 Å². The molecular weight excluding hydrogens is 373 g/mol. The smallest absolute Gasteiger partial charge is 0.353 e. The number of hydrogen-bond acceptors (Lipinski definition) is 3. The fourth-order valence-corrected chi connectivity index (χ4v) is 4.04. The lowest BCUT2D eigenvalue weighted by Gasteiger charge is -2.42. The minimum atomic E-state index is -4.54. The Labute approximate surface area is 162 Å². The zero-order valence-electron chi connectivity index (χ0n) is 16.1. The van der Waals surface area contributed by atoms with Crippen LogP contribution in [0.5, 0.6) is 0 Å². The molecule has 1 aromatic rings. The summed E-state index contributed by atoms with van der Waals surface area (Å²) >= 11 is 0. The zero-order chi connectivity index (χ0) is 20.5. The van der Waals surface area contributed by atoms with Crippen molar-refractivity contribution < 1.29 is 27.5 Å². The first kappa shape index (κ1) is 20.6. The number of rotatable bonds is 3. The lowest BCUT2D eigenvalue weighted by Crippen LogP contribution is -2.56. The molecule has 0 N–H and O–H groups in total. The largest absolute Gasteiger partial charge is 0.416 e. The molecule has 28 heavy (non-hydrogen) atoms. The second-order valence-electron chi connectivity index (χ2n) is 7.44. The van der Waals surface area contributed by atoms with Gasteiger partial charge in [-0.1, -0.05) is 12.5 Å². The first-order valence-electron chi connectivity index (χ1n) is 9.59. The van der Waals surface area contributed by atoms with Gasteiger partial charge in [0.15, 0.2) is 0 Å². The van der Waals surface area contributed by atoms with Crippen LogP contribution in [-0.2, 0) is 15.7 Å². The van der Waals surface area contributed by atoms with E-state index in [1.807, 2.05) is 6.92 Å². The third-order valence-corrected chi connectivity index (χ3v) is 5.69. The summed E-state index contributed by atoms with van der Waals surface area (Å²) in [6.45, 7) is 2.35. The number of halogens is 3. The summed E-state index contributed by atoms with van der Waals surface area (Å²) < 4.78 is 45.3. The molecule has 0 radical (unpaired) electrons. The minimum absolute atomic E-state index is 0.0634. The van der Waals surface area contributed by atoms with Crippen LogP contribution in [0.4, 0.5) is 13.2 Å². The third-order valence-electron chi connectivity index (χ3n) is 5.69. The summed E-state index contributed by atoms with van der Waals surface area (Å²) in [4.78, 5) is 29.1. The van der Waals surface area contributed by atoms with E-state index in [-0.39, 0.29) is 18.1 Å². The standard InChI is InChI=1S/C20H25F3N2O3/c1-3-24(2)18(27)16-13-28-19(10-5-4-6-11-19)25(16)17(26)14-8-7-9-15(12-14)20(21,22)23/h7-9,12,16H,3-6,10-11,13H2,1-2H3/t16-/m0/s1. The number of likely N-dealkylation sites (N-methyl/N-ethyl adjacent to an activating group) is 1. The van der Waals surface area contributed by atoms with Crippen LogP contribution in [0.15, 0.2) is 24.3 Å². The summed E-state index contributed by atoms with van der Waals surface area (Å²) in [6, 6.07) is 3.53. The zero-order valence-corrected chi connectivity index (χ0v) is 16.1. The number of hydrogen-bond donors (Lipinski definition) is 0. The van der Waals surface area contributed by atoms with E-state index < -0.39 is 29.4 Å². The predicted molar refractivity (Wildman–Crippen MR) is 96.5 cm³/mol. The topological polar surface area (TPSA) is 49.9 Å². The molecule has 5 nitrogen and oxygen atoms in total. The van der Waals surface area contributed by atoms with Crippen LogP contribution in [0.1, 0.15) is 54.9 Å². The van der Waals surface area contributed by atoms with Crippen molar-refractivity contribution in [1.29, 1.82) is 0 Å². The van der Waals surface area contributed by atoms with E-state index in [0.717, 1.165) is 31.4 Å². The normalized spacial score (nSPS) is 21.8. The molecule has 1 atom stereocenters. The Morgan fingerprint density at radius 1 is 1.25 bits per heavy atom. The Bertz CT molecular complexity index is 744. The fourth-order valence-electron chi connectivity index (χ4n) is 4.04. The molecule has 1 aliphatic heterocycles. The van der Waals surface area contributed by atoms with Crippen molar-refractivity contribution in [3.05, 3.63) is 35.4 Å². The second-order valence-corrected chi connectivity index (χ2v) is 7.44. The van der Waals surface area contributed by atoms with Crippen molar-refractivity contribution in [3.8, 4) is 0 Å². The van der Waals surface area contributed by atoms with Crippen LogP contribution in [0.25, 0.3) is 0 Å². The number of benzene rings is 1. The number of amides is 2. The molecule has 1 spiro atoms. The monoisotopic (exact) mass is 398 g/mol. The van der Waals surface area contributed by atoms with E-state index in [2.05, 4.69) is 0 Å². The van der Waals surface area contributed by atoms with Crippen molar-refractivity contribution in [2.75, 3.05) is 20.2 Å². The van der Waals surface area contributed by atoms with Crippen LogP contribution in [0.2, 0.25) is 0 Å². The predicted octanol–water partition coefficient (Wildman–Crippen LogP) is 3.69. The van der Waals surface area contributed by atoms with Gasteiger partial charge < -0.3 is 9.64 Å². The molecule has 2 amide bonds. The molecule has 1 saturated heterocycles. The maximum absolute atomic E-state index is 13.3. The van der Waals surface area contributed by atoms with E-state index in [1.165, 1.54) is 21.9 Å². The molecule has 1 saturated carbocycles. The molecule has 154 valence electrons. The van der Waals surface area contributed by atoms with Crippen LogP contribution < -0.4 is 0 Å². The molecule has 0 aromatic heterocycles. The Kier molecular flexibility index (Phi) is 5.70. The van der Waals surface area contributed by atoms with Gasteiger partial charge in [0, 0.05) is 19.2 Å². The average molecular weight is 398 g/mol. The van der Waals surface area contributed by atoms with E-state index in [4.69, 9.17) is 4.74 Å². The van der Waals surface area contributed by atoms with E-state index in [1.54, 1.807) is 7.05 Å². The lowest BCUT2D eigenvalue weighted by atomic mass is 9.89. The van der Waals surface area contributed by atoms with Gasteiger partial charge in [-0.3, -0.25) is 14.5 Å². The summed E-state index contributed by atoms with van der Waals surface area (Å²) in [5.74, 6) is -0.848. The van der Waals surface area contributed by atoms with Crippen LogP contribution in [0.3, 0.4) is 0 Å². The van der Waals surface area contributed by atoms with Crippen LogP contribution in [0, 0.1) is 0 Å². The quantitative estimate of drug-likeness (QED) is 0.780. The molecule has 8 heteroatoms. The van der Waals surface area contributed by atoms with Gasteiger partial charge in [0.2, 0.25) is 5.91 Å². The molecule has 3 rings (SSSR count). The van der Waals surface area contributed by atoms with Crippen molar-refractivity contribution in [2.45, 2.75) is 57.0 Å². The van der Waals surface area contributed by atoms with E-state index >= 15 is 0 Å². The summed E-state index contributed by atoms with van der Waals surface area (Å²) in [7, 11) is 1.64. The van der Waals surface area contributed by atoms with Crippen molar-refractivity contribution in [2.24, 2.45) is 0 Å². The summed E-state index contributed by atoms with van der Waals surface area (Å²) in [6.07, 6.45) is -0.690. The highest BCUT2D eigenvalue weighted by atomic mass is 19.4. The maximum atomic E-state index is 13.3. The minimum Gasteiger partial charge on any atom is -0.353 e. The van der Waals surface area contributed by atoms with Crippen LogP contribution in [-0.4, -0.2) is 53.6 Å². The van der Waals surface area contributed by atoms with Crippen molar-refractivity contribution in [1.82, 2.24) is 9.80 Å². The van der Waals surface area contributed by atoms with Gasteiger partial charge in [0.1, 0.15) is 11.8 Å². The number of ether oxygens (including phenoxy) is 1. The highest BCUT2D eigenvalue weighted by molar-refractivity contribution is 5.98. The molecule has 1 aliphatic carbocycles. The van der Waals surface area contributed by atoms with Gasteiger partial charge >= 0.3 is 6.18 Å². The molecule has 2 fully saturated rings. The van der Waals surface area contributed by atoms with Gasteiger partial charge in [-0.2, -0.15) is 13.2 Å². The first-order chi connectivity index (χ1) is 13.2. The van der Waals surface area contributed by atoms with E-state index in [0.29, 0.717) is 19.4 Å². The summed E-state index contributed by atoms with van der Waals surface area (Å²) in [5, 5.41) is 0. The number of carbonyl (C=O) groups is 2. The third kappa shape index (κ3) is 3.74. The van der Waals surface area contributed by atoms with Gasteiger partial charge in [-0.05, 0) is 50.8 Å². The molecule has 0 bridgehead atoms. The number of carbonyl (C=O) groups excluding carboxylic acids is 2. The Morgan fingerprint density at radius 3 is 2.54 bits per heavy atom. The fraction of sp³-hybridized carbons (Fsp3) is 0.600. The molecular formula is C20H25F3N2O3. The lowest BCUT2D eigenvalue weighted by molar-refractivity contribution is -0.138. The Balaban J connectivity index is 1.99. The Morgan fingerprint density at radius 2 is 1.93 bits per heavy atom. The van der Waals surface area contributed by atoms with Gasteiger partial charge in [-0.15, -0.1) is 0 Å². The van der Waals surface area contributed by atoms with Crippen molar-refractivity contribution >= 4 is 11.8 Å². The van der Waals surface area contributed by atoms with Gasteiger partial charge in [-0.25, -0.2) is 0 Å². The summed E-state index contributed by atoms with van der Waals surface area (Å²) in [5.41, 5.74) is -1.88. The van der Waals surface area contributed by atoms with Crippen molar-refractivity contribution in [3.63, 3.8) is 0 Å². The first-order valence-corrected chi connectivity index (χ1v) is 9.59. The van der Waals surface area contributed by atoms with E-state index in [9.17, 15) is 22.8 Å². The van der Waals surface area contributed by atoms with Gasteiger partial charge in [0.05, 0.1) is 12.2 Å². The molecule has 2 aliphatic rings.